The molecular weight excluding hydrogens is 505 g/mol. The molecule has 0 saturated heterocycles. The van der Waals surface area contributed by atoms with Crippen LogP contribution >= 0.6 is 34.0 Å². The molecule has 36 heavy (non-hydrogen) atoms. The van der Waals surface area contributed by atoms with E-state index in [1.165, 1.54) is 50.1 Å². The smallest absolute Gasteiger partial charge is 0.0981 e. The molecule has 3 nitrogen and oxygen atoms in total. The third kappa shape index (κ3) is 3.71. The van der Waals surface area contributed by atoms with Crippen LogP contribution in [0.25, 0.3) is 66.8 Å². The second-order valence-electron chi connectivity index (χ2n) is 8.43. The highest BCUT2D eigenvalue weighted by molar-refractivity contribution is 7.09. The van der Waals surface area contributed by atoms with Gasteiger partial charge in [-0.15, -0.1) is 0 Å². The predicted molar refractivity (Wildman–Crippen MR) is 149 cm³/mol. The summed E-state index contributed by atoms with van der Waals surface area (Å²) in [6.07, 6.45) is 10.6. The normalized spacial score (nSPS) is 11.3. The molecule has 0 saturated carbocycles. The Hall–Kier alpha value is -3.84. The second-order valence-corrected chi connectivity index (χ2v) is 10.7. The Kier molecular flexibility index (Phi) is 5.35. The molecule has 0 fully saturated rings. The molecule has 7 rings (SSSR count). The molecule has 0 spiro atoms. The number of thiophene rings is 3. The fourth-order valence-corrected chi connectivity index (χ4v) is 7.18. The molecule has 6 aromatic heterocycles. The highest BCUT2D eigenvalue weighted by Crippen LogP contribution is 2.44. The summed E-state index contributed by atoms with van der Waals surface area (Å²) in [7, 11) is 0. The molecule has 0 N–H and O–H groups in total. The minimum atomic E-state index is 1.09. The van der Waals surface area contributed by atoms with Crippen LogP contribution < -0.4 is 0 Å². The van der Waals surface area contributed by atoms with Gasteiger partial charge < -0.3 is 13.3 Å². The van der Waals surface area contributed by atoms with E-state index in [2.05, 4.69) is 50.5 Å². The second kappa shape index (κ2) is 8.99. The quantitative estimate of drug-likeness (QED) is 0.218. The summed E-state index contributed by atoms with van der Waals surface area (Å²) in [5.41, 5.74) is 13.9. The van der Waals surface area contributed by atoms with Crippen molar-refractivity contribution in [3.63, 3.8) is 0 Å². The van der Waals surface area contributed by atoms with Gasteiger partial charge in [-0.2, -0.15) is 34.0 Å². The molecule has 0 unspecified atom stereocenters. The van der Waals surface area contributed by atoms with Crippen LogP contribution in [0.2, 0.25) is 0 Å². The SMILES string of the molecule is c1cc(-c2cscc2-c2cc(-c3cscc3-c3ccoc3)cc(-c3cscc3-c3ccoc3)c2)co1. The van der Waals surface area contributed by atoms with Gasteiger partial charge in [-0.1, -0.05) is 0 Å². The molecule has 0 bridgehead atoms. The Bertz CT molecular complexity index is 1510. The van der Waals surface area contributed by atoms with Gasteiger partial charge in [0.15, 0.2) is 0 Å². The molecule has 6 heteroatoms. The van der Waals surface area contributed by atoms with Gasteiger partial charge in [-0.05, 0) is 85.4 Å². The molecule has 6 heterocycles. The van der Waals surface area contributed by atoms with Crippen LogP contribution in [0.15, 0.2) is 120 Å². The first-order valence-electron chi connectivity index (χ1n) is 11.3. The molecule has 0 aliphatic rings. The first-order valence-corrected chi connectivity index (χ1v) is 14.1. The van der Waals surface area contributed by atoms with Gasteiger partial charge in [-0.25, -0.2) is 0 Å². The van der Waals surface area contributed by atoms with E-state index < -0.39 is 0 Å². The van der Waals surface area contributed by atoms with Gasteiger partial charge in [0.1, 0.15) is 0 Å². The van der Waals surface area contributed by atoms with Crippen molar-refractivity contribution in [1.29, 1.82) is 0 Å². The topological polar surface area (TPSA) is 39.4 Å². The van der Waals surface area contributed by atoms with Crippen LogP contribution in [0.4, 0.5) is 0 Å². The van der Waals surface area contributed by atoms with Crippen molar-refractivity contribution in [3.05, 3.63) is 106 Å². The summed E-state index contributed by atoms with van der Waals surface area (Å²) in [4.78, 5) is 0. The third-order valence-electron chi connectivity index (χ3n) is 6.35. The first-order chi connectivity index (χ1) is 17.8. The average Bonchev–Trinajstić information content (AvgIpc) is 3.76. The molecule has 0 radical (unpaired) electrons. The lowest BCUT2D eigenvalue weighted by Gasteiger charge is -2.12. The molecule has 174 valence electrons. The Morgan fingerprint density at radius 3 is 0.889 bits per heavy atom. The zero-order valence-corrected chi connectivity index (χ0v) is 21.3. The molecule has 0 amide bonds. The highest BCUT2D eigenvalue weighted by Gasteiger charge is 2.18. The Morgan fingerprint density at radius 2 is 0.639 bits per heavy atom. The molecular formula is C30H18O3S3. The Balaban J connectivity index is 1.45. The monoisotopic (exact) mass is 522 g/mol. The summed E-state index contributed by atoms with van der Waals surface area (Å²) in [5, 5.41) is 13.2. The van der Waals surface area contributed by atoms with Gasteiger partial charge in [-0.3, -0.25) is 0 Å². The number of furan rings is 3. The van der Waals surface area contributed by atoms with E-state index in [0.717, 1.165) is 16.7 Å². The van der Waals surface area contributed by atoms with E-state index in [1.807, 2.05) is 37.0 Å². The predicted octanol–water partition coefficient (Wildman–Crippen LogP) is 10.7. The van der Waals surface area contributed by atoms with Crippen molar-refractivity contribution in [2.24, 2.45) is 0 Å². The average molecular weight is 523 g/mol. The van der Waals surface area contributed by atoms with Gasteiger partial charge in [0.25, 0.3) is 0 Å². The van der Waals surface area contributed by atoms with Crippen LogP contribution in [0.1, 0.15) is 0 Å². The number of benzene rings is 1. The standard InChI is InChI=1S/C30H18O3S3/c1-4-31-10-19(1)25-13-34-16-28(25)22-7-23(29-17-35-14-26(29)20-2-5-32-11-20)9-24(8-22)30-18-36-15-27(30)21-3-6-33-12-21/h1-18H. The first kappa shape index (κ1) is 21.4. The summed E-state index contributed by atoms with van der Waals surface area (Å²) in [6, 6.07) is 12.9. The van der Waals surface area contributed by atoms with Crippen LogP contribution in [-0.2, 0) is 0 Å². The van der Waals surface area contributed by atoms with E-state index in [-0.39, 0.29) is 0 Å². The lowest BCUT2D eigenvalue weighted by Crippen LogP contribution is -1.87. The van der Waals surface area contributed by atoms with Crippen LogP contribution in [0.5, 0.6) is 0 Å². The van der Waals surface area contributed by atoms with Crippen molar-refractivity contribution in [1.82, 2.24) is 0 Å². The zero-order chi connectivity index (χ0) is 23.9. The lowest BCUT2D eigenvalue weighted by molar-refractivity contribution is 0.568. The Morgan fingerprint density at radius 1 is 0.361 bits per heavy atom. The summed E-state index contributed by atoms with van der Waals surface area (Å²) in [6.45, 7) is 0. The molecule has 0 aliphatic heterocycles. The van der Waals surface area contributed by atoms with Crippen molar-refractivity contribution >= 4 is 34.0 Å². The van der Waals surface area contributed by atoms with Crippen molar-refractivity contribution in [3.8, 4) is 66.8 Å². The van der Waals surface area contributed by atoms with Gasteiger partial charge in [0.05, 0.1) is 37.6 Å². The van der Waals surface area contributed by atoms with Gasteiger partial charge >= 0.3 is 0 Å². The maximum Gasteiger partial charge on any atom is 0.0981 e. The highest BCUT2D eigenvalue weighted by atomic mass is 32.1. The van der Waals surface area contributed by atoms with Gasteiger partial charge in [0, 0.05) is 50.1 Å². The number of hydrogen-bond acceptors (Lipinski definition) is 6. The summed E-state index contributed by atoms with van der Waals surface area (Å²) >= 11 is 5.12. The summed E-state index contributed by atoms with van der Waals surface area (Å²) < 4.78 is 16.2. The molecule has 0 atom stereocenters. The zero-order valence-electron chi connectivity index (χ0n) is 18.8. The maximum absolute atomic E-state index is 5.40. The minimum Gasteiger partial charge on any atom is -0.472 e. The van der Waals surface area contributed by atoms with E-state index >= 15 is 0 Å². The maximum atomic E-state index is 5.40. The number of rotatable bonds is 6. The van der Waals surface area contributed by atoms with Crippen LogP contribution in [-0.4, -0.2) is 0 Å². The van der Waals surface area contributed by atoms with E-state index in [0.29, 0.717) is 0 Å². The summed E-state index contributed by atoms with van der Waals surface area (Å²) in [5.74, 6) is 0. The molecule has 0 aliphatic carbocycles. The lowest BCUT2D eigenvalue weighted by atomic mass is 9.90. The van der Waals surface area contributed by atoms with Gasteiger partial charge in [0.2, 0.25) is 0 Å². The third-order valence-corrected chi connectivity index (χ3v) is 8.58. The minimum absolute atomic E-state index is 1.09. The van der Waals surface area contributed by atoms with E-state index in [9.17, 15) is 0 Å². The Labute approximate surface area is 219 Å². The van der Waals surface area contributed by atoms with Crippen LogP contribution in [0.3, 0.4) is 0 Å². The fourth-order valence-electron chi connectivity index (χ4n) is 4.58. The van der Waals surface area contributed by atoms with Crippen molar-refractivity contribution in [2.75, 3.05) is 0 Å². The fraction of sp³-hybridized carbons (Fsp3) is 0. The van der Waals surface area contributed by atoms with Crippen molar-refractivity contribution < 1.29 is 13.3 Å². The molecule has 1 aromatic carbocycles. The number of hydrogen-bond donors (Lipinski definition) is 0. The van der Waals surface area contributed by atoms with E-state index in [1.54, 1.807) is 52.8 Å². The van der Waals surface area contributed by atoms with E-state index in [4.69, 9.17) is 13.3 Å². The largest absolute Gasteiger partial charge is 0.472 e. The van der Waals surface area contributed by atoms with Crippen LogP contribution in [0, 0.1) is 0 Å². The van der Waals surface area contributed by atoms with Crippen molar-refractivity contribution in [2.45, 2.75) is 0 Å². The molecule has 7 aromatic rings.